The third kappa shape index (κ3) is 2.85. The van der Waals surface area contributed by atoms with Gasteiger partial charge in [0.2, 0.25) is 11.8 Å². The summed E-state index contributed by atoms with van der Waals surface area (Å²) in [6.07, 6.45) is 7.69. The molecule has 1 aromatic rings. The molecule has 132 valence electrons. The van der Waals surface area contributed by atoms with Crippen LogP contribution < -0.4 is 0 Å². The third-order valence-electron chi connectivity index (χ3n) is 6.24. The number of hydrogen-bond acceptors (Lipinski definition) is 5. The average Bonchev–Trinajstić information content (AvgIpc) is 3.20. The lowest BCUT2D eigenvalue weighted by Crippen LogP contribution is -2.39. The predicted octanol–water partition coefficient (Wildman–Crippen LogP) is 2.68. The molecule has 1 saturated carbocycles. The van der Waals surface area contributed by atoms with E-state index in [0.29, 0.717) is 17.6 Å². The van der Waals surface area contributed by atoms with Crippen LogP contribution in [0, 0.1) is 18.3 Å². The molecule has 3 fully saturated rings. The Hall–Kier alpha value is -1.43. The van der Waals surface area contributed by atoms with Crippen LogP contribution in [0.15, 0.2) is 4.52 Å². The van der Waals surface area contributed by atoms with Crippen molar-refractivity contribution in [3.63, 3.8) is 0 Å². The first-order chi connectivity index (χ1) is 11.7. The van der Waals surface area contributed by atoms with Crippen LogP contribution in [0.2, 0.25) is 0 Å². The summed E-state index contributed by atoms with van der Waals surface area (Å²) in [7, 11) is 0. The van der Waals surface area contributed by atoms with Crippen LogP contribution in [0.3, 0.4) is 0 Å². The molecular formula is C18H27N3O3. The van der Waals surface area contributed by atoms with Gasteiger partial charge in [-0.25, -0.2) is 0 Å². The van der Waals surface area contributed by atoms with E-state index in [-0.39, 0.29) is 17.3 Å². The minimum atomic E-state index is 0.0432. The van der Waals surface area contributed by atoms with Gasteiger partial charge < -0.3 is 14.2 Å². The maximum absolute atomic E-state index is 13.0. The third-order valence-corrected chi connectivity index (χ3v) is 6.24. The zero-order chi connectivity index (χ0) is 16.6. The molecule has 4 rings (SSSR count). The average molecular weight is 333 g/mol. The molecule has 1 spiro atoms. The van der Waals surface area contributed by atoms with Crippen molar-refractivity contribution >= 4 is 5.91 Å². The van der Waals surface area contributed by atoms with Crippen molar-refractivity contribution in [1.29, 1.82) is 0 Å². The Labute approximate surface area is 142 Å². The topological polar surface area (TPSA) is 68.5 Å². The molecule has 6 nitrogen and oxygen atoms in total. The first-order valence-electron chi connectivity index (χ1n) is 9.35. The summed E-state index contributed by atoms with van der Waals surface area (Å²) in [5, 5.41) is 3.98. The molecule has 3 aliphatic rings. The van der Waals surface area contributed by atoms with Gasteiger partial charge in [0.1, 0.15) is 0 Å². The fourth-order valence-corrected chi connectivity index (χ4v) is 4.82. The van der Waals surface area contributed by atoms with Gasteiger partial charge in [-0.1, -0.05) is 24.4 Å². The van der Waals surface area contributed by atoms with E-state index in [0.717, 1.165) is 52.0 Å². The van der Waals surface area contributed by atoms with Crippen molar-refractivity contribution in [2.45, 2.75) is 57.8 Å². The summed E-state index contributed by atoms with van der Waals surface area (Å²) < 4.78 is 11.1. The first-order valence-corrected chi connectivity index (χ1v) is 9.35. The van der Waals surface area contributed by atoms with Gasteiger partial charge in [0, 0.05) is 37.6 Å². The van der Waals surface area contributed by atoms with E-state index in [1.807, 2.05) is 6.92 Å². The van der Waals surface area contributed by atoms with E-state index in [9.17, 15) is 4.79 Å². The highest BCUT2D eigenvalue weighted by Gasteiger charge is 2.52. The Balaban J connectivity index is 1.56. The number of hydrogen-bond donors (Lipinski definition) is 0. The second kappa shape index (κ2) is 6.47. The lowest BCUT2D eigenvalue weighted by Gasteiger charge is -2.36. The Morgan fingerprint density at radius 3 is 2.62 bits per heavy atom. The highest BCUT2D eigenvalue weighted by Crippen LogP contribution is 2.49. The molecule has 2 saturated heterocycles. The van der Waals surface area contributed by atoms with Gasteiger partial charge in [-0.15, -0.1) is 0 Å². The summed E-state index contributed by atoms with van der Waals surface area (Å²) in [5.74, 6) is 2.09. The number of carbonyl (C=O) groups excluding carboxylic acids is 1. The maximum atomic E-state index is 13.0. The van der Waals surface area contributed by atoms with Crippen molar-refractivity contribution in [2.75, 3.05) is 26.3 Å². The number of likely N-dealkylation sites (tertiary alicyclic amines) is 1. The lowest BCUT2D eigenvalue weighted by atomic mass is 9.72. The van der Waals surface area contributed by atoms with Crippen LogP contribution in [-0.4, -0.2) is 47.3 Å². The second-order valence-electron chi connectivity index (χ2n) is 7.76. The fraction of sp³-hybridized carbons (Fsp3) is 0.833. The van der Waals surface area contributed by atoms with E-state index >= 15 is 0 Å². The van der Waals surface area contributed by atoms with Crippen LogP contribution in [0.1, 0.15) is 62.6 Å². The van der Waals surface area contributed by atoms with Crippen molar-refractivity contribution in [1.82, 2.24) is 15.0 Å². The number of aryl methyl sites for hydroxylation is 1. The number of rotatable bonds is 2. The van der Waals surface area contributed by atoms with Gasteiger partial charge in [-0.05, 0) is 32.6 Å². The molecule has 6 heteroatoms. The van der Waals surface area contributed by atoms with Gasteiger partial charge in [0.05, 0.1) is 5.92 Å². The summed E-state index contributed by atoms with van der Waals surface area (Å²) in [6.45, 7) is 4.91. The van der Waals surface area contributed by atoms with Gasteiger partial charge in [-0.3, -0.25) is 4.79 Å². The Kier molecular flexibility index (Phi) is 4.33. The molecule has 1 aromatic heterocycles. The van der Waals surface area contributed by atoms with Crippen LogP contribution in [-0.2, 0) is 9.53 Å². The van der Waals surface area contributed by atoms with Gasteiger partial charge in [-0.2, -0.15) is 4.98 Å². The summed E-state index contributed by atoms with van der Waals surface area (Å²) in [6, 6.07) is 0. The maximum Gasteiger partial charge on any atom is 0.232 e. The molecular weight excluding hydrogens is 306 g/mol. The second-order valence-corrected chi connectivity index (χ2v) is 7.76. The molecule has 0 N–H and O–H groups in total. The zero-order valence-corrected chi connectivity index (χ0v) is 14.5. The molecule has 3 heterocycles. The number of amides is 1. The largest absolute Gasteiger partial charge is 0.381 e. The predicted molar refractivity (Wildman–Crippen MR) is 87.4 cm³/mol. The standard InChI is InChI=1S/C18H27N3O3/c1-13-19-16(24-20-13)15-11-21(12-18(15)7-9-23-10-8-18)17(22)14-5-3-2-4-6-14/h14-15H,2-12H2,1H3/t15-/m0/s1. The molecule has 24 heavy (non-hydrogen) atoms. The quantitative estimate of drug-likeness (QED) is 0.832. The van der Waals surface area contributed by atoms with Gasteiger partial charge in [0.15, 0.2) is 5.82 Å². The van der Waals surface area contributed by atoms with E-state index in [1.54, 1.807) is 0 Å². The number of nitrogens with zero attached hydrogens (tertiary/aromatic N) is 3. The zero-order valence-electron chi connectivity index (χ0n) is 14.5. The molecule has 0 bridgehead atoms. The summed E-state index contributed by atoms with van der Waals surface area (Å²) in [5.41, 5.74) is 0.0432. The van der Waals surface area contributed by atoms with Crippen LogP contribution in [0.4, 0.5) is 0 Å². The van der Waals surface area contributed by atoms with E-state index in [4.69, 9.17) is 9.26 Å². The molecule has 1 amide bonds. The molecule has 0 aromatic carbocycles. The Bertz CT molecular complexity index is 588. The van der Waals surface area contributed by atoms with Crippen molar-refractivity contribution in [3.8, 4) is 0 Å². The summed E-state index contributed by atoms with van der Waals surface area (Å²) in [4.78, 5) is 19.6. The van der Waals surface area contributed by atoms with E-state index < -0.39 is 0 Å². The lowest BCUT2D eigenvalue weighted by molar-refractivity contribution is -0.136. The van der Waals surface area contributed by atoms with Crippen LogP contribution in [0.25, 0.3) is 0 Å². The van der Waals surface area contributed by atoms with E-state index in [1.165, 1.54) is 19.3 Å². The minimum Gasteiger partial charge on any atom is -0.381 e. The monoisotopic (exact) mass is 333 g/mol. The van der Waals surface area contributed by atoms with Crippen LogP contribution >= 0.6 is 0 Å². The SMILES string of the molecule is Cc1noc([C@@H]2CN(C(=O)C3CCCCC3)CC23CCOCC3)n1. The normalized spacial score (nSPS) is 27.7. The van der Waals surface area contributed by atoms with Crippen LogP contribution in [0.5, 0.6) is 0 Å². The highest BCUT2D eigenvalue weighted by atomic mass is 16.5. The van der Waals surface area contributed by atoms with Crippen molar-refractivity contribution in [2.24, 2.45) is 11.3 Å². The van der Waals surface area contributed by atoms with Gasteiger partial charge >= 0.3 is 0 Å². The minimum absolute atomic E-state index is 0.0432. The van der Waals surface area contributed by atoms with Crippen molar-refractivity contribution < 1.29 is 14.1 Å². The fourth-order valence-electron chi connectivity index (χ4n) is 4.82. The van der Waals surface area contributed by atoms with E-state index in [2.05, 4.69) is 15.0 Å². The highest BCUT2D eigenvalue weighted by molar-refractivity contribution is 5.79. The smallest absolute Gasteiger partial charge is 0.232 e. The summed E-state index contributed by atoms with van der Waals surface area (Å²) >= 11 is 0. The number of ether oxygens (including phenoxy) is 1. The Morgan fingerprint density at radius 1 is 1.21 bits per heavy atom. The first kappa shape index (κ1) is 16.1. The van der Waals surface area contributed by atoms with Crippen molar-refractivity contribution in [3.05, 3.63) is 11.7 Å². The molecule has 1 atom stereocenters. The molecule has 1 aliphatic carbocycles. The number of carbonyl (C=O) groups is 1. The molecule has 2 aliphatic heterocycles. The number of aromatic nitrogens is 2. The molecule has 0 radical (unpaired) electrons. The molecule has 0 unspecified atom stereocenters. The van der Waals surface area contributed by atoms with Gasteiger partial charge in [0.25, 0.3) is 0 Å². The Morgan fingerprint density at radius 2 is 1.96 bits per heavy atom.